The highest BCUT2D eigenvalue weighted by Gasteiger charge is 2.19. The third-order valence-electron chi connectivity index (χ3n) is 4.02. The Morgan fingerprint density at radius 1 is 1.38 bits per heavy atom. The predicted octanol–water partition coefficient (Wildman–Crippen LogP) is 4.84. The zero-order valence-electron chi connectivity index (χ0n) is 14.3. The number of thiazole rings is 1. The molecule has 4 rings (SSSR count). The van der Waals surface area contributed by atoms with Gasteiger partial charge >= 0.3 is 0 Å². The molecular formula is C19H17N3O3S. The van der Waals surface area contributed by atoms with E-state index in [2.05, 4.69) is 15.3 Å². The first-order valence-electron chi connectivity index (χ1n) is 8.22. The van der Waals surface area contributed by atoms with Crippen LogP contribution in [0.5, 0.6) is 5.75 Å². The second kappa shape index (κ2) is 6.68. The number of anilines is 1. The molecule has 2 N–H and O–H groups in total. The zero-order valence-corrected chi connectivity index (χ0v) is 15.1. The van der Waals surface area contributed by atoms with Crippen LogP contribution in [-0.2, 0) is 0 Å². The summed E-state index contributed by atoms with van der Waals surface area (Å²) in [6, 6.07) is 9.37. The number of carbonyl (C=O) groups excluding carboxylic acids is 1. The van der Waals surface area contributed by atoms with Crippen LogP contribution in [0, 0.1) is 6.92 Å². The van der Waals surface area contributed by atoms with Gasteiger partial charge in [-0.3, -0.25) is 10.1 Å². The molecule has 0 fully saturated rings. The number of carbonyl (C=O) groups is 1. The first-order chi connectivity index (χ1) is 12.7. The lowest BCUT2D eigenvalue weighted by atomic mass is 10.1. The molecule has 0 aliphatic carbocycles. The van der Waals surface area contributed by atoms with Gasteiger partial charge in [-0.15, -0.1) is 11.3 Å². The van der Waals surface area contributed by atoms with Gasteiger partial charge in [0.2, 0.25) is 0 Å². The average Bonchev–Trinajstić information content (AvgIpc) is 3.36. The van der Waals surface area contributed by atoms with Crippen LogP contribution in [0.25, 0.3) is 22.4 Å². The van der Waals surface area contributed by atoms with Gasteiger partial charge < -0.3 is 14.1 Å². The van der Waals surface area contributed by atoms with Gasteiger partial charge in [-0.1, -0.05) is 0 Å². The van der Waals surface area contributed by atoms with E-state index < -0.39 is 0 Å². The number of hydrogen-bond acceptors (Lipinski definition) is 5. The number of benzene rings is 1. The van der Waals surface area contributed by atoms with Crippen molar-refractivity contribution in [1.82, 2.24) is 9.97 Å². The number of amides is 1. The fraction of sp³-hybridized carbons (Fsp3) is 0.158. The van der Waals surface area contributed by atoms with Gasteiger partial charge in [0.05, 0.1) is 18.0 Å². The normalized spacial score (nSPS) is 11.0. The smallest absolute Gasteiger partial charge is 0.293 e. The Balaban J connectivity index is 1.59. The number of aryl methyl sites for hydroxylation is 1. The first-order valence-corrected chi connectivity index (χ1v) is 9.10. The molecule has 0 spiro atoms. The van der Waals surface area contributed by atoms with Crippen LogP contribution in [0.3, 0.4) is 0 Å². The molecule has 6 nitrogen and oxygen atoms in total. The number of furan rings is 1. The van der Waals surface area contributed by atoms with E-state index in [-0.39, 0.29) is 11.7 Å². The van der Waals surface area contributed by atoms with Crippen molar-refractivity contribution in [3.63, 3.8) is 0 Å². The van der Waals surface area contributed by atoms with Crippen molar-refractivity contribution in [3.05, 3.63) is 53.2 Å². The van der Waals surface area contributed by atoms with Gasteiger partial charge in [-0.2, -0.15) is 0 Å². The van der Waals surface area contributed by atoms with Crippen molar-refractivity contribution < 1.29 is 13.9 Å². The molecule has 132 valence electrons. The first kappa shape index (κ1) is 16.4. The number of aromatic amines is 1. The summed E-state index contributed by atoms with van der Waals surface area (Å²) in [6.45, 7) is 4.38. The highest BCUT2D eigenvalue weighted by Crippen LogP contribution is 2.30. The van der Waals surface area contributed by atoms with Crippen molar-refractivity contribution >= 4 is 33.3 Å². The van der Waals surface area contributed by atoms with E-state index in [1.807, 2.05) is 55.8 Å². The van der Waals surface area contributed by atoms with Gasteiger partial charge in [-0.25, -0.2) is 4.98 Å². The number of fused-ring (bicyclic) bond motifs is 1. The van der Waals surface area contributed by atoms with E-state index in [0.29, 0.717) is 17.3 Å². The van der Waals surface area contributed by atoms with Crippen molar-refractivity contribution in [3.8, 4) is 17.1 Å². The summed E-state index contributed by atoms with van der Waals surface area (Å²) in [4.78, 5) is 20.2. The molecule has 0 unspecified atom stereocenters. The summed E-state index contributed by atoms with van der Waals surface area (Å²) in [5, 5.41) is 6.09. The SMILES string of the molecule is CCOc1ccc2oc(C(=O)Nc3nc(-c4ccc[nH]4)cs3)c(C)c2c1. The number of rotatable bonds is 5. The topological polar surface area (TPSA) is 80.2 Å². The Morgan fingerprint density at radius 3 is 3.04 bits per heavy atom. The van der Waals surface area contributed by atoms with Crippen LogP contribution in [0.4, 0.5) is 5.13 Å². The fourth-order valence-corrected chi connectivity index (χ4v) is 3.48. The van der Waals surface area contributed by atoms with Crippen molar-refractivity contribution in [2.45, 2.75) is 13.8 Å². The maximum Gasteiger partial charge on any atom is 0.293 e. The third kappa shape index (κ3) is 2.97. The standard InChI is InChI=1S/C19H17N3O3S/c1-3-24-12-6-7-16-13(9-12)11(2)17(25-16)18(23)22-19-21-15(10-26-19)14-5-4-8-20-14/h4-10,20H,3H2,1-2H3,(H,21,22,23). The monoisotopic (exact) mass is 367 g/mol. The van der Waals surface area contributed by atoms with E-state index >= 15 is 0 Å². The maximum atomic E-state index is 12.6. The molecule has 0 aliphatic heterocycles. The van der Waals surface area contributed by atoms with Crippen molar-refractivity contribution in [2.24, 2.45) is 0 Å². The molecule has 0 saturated heterocycles. The summed E-state index contributed by atoms with van der Waals surface area (Å²) < 4.78 is 11.3. The van der Waals surface area contributed by atoms with E-state index in [1.165, 1.54) is 11.3 Å². The molecule has 0 radical (unpaired) electrons. The van der Waals surface area contributed by atoms with E-state index in [4.69, 9.17) is 9.15 Å². The summed E-state index contributed by atoms with van der Waals surface area (Å²) in [7, 11) is 0. The van der Waals surface area contributed by atoms with Crippen LogP contribution in [0.2, 0.25) is 0 Å². The Labute approximate surface area is 153 Å². The molecule has 1 aromatic carbocycles. The summed E-state index contributed by atoms with van der Waals surface area (Å²) in [5.74, 6) is 0.723. The van der Waals surface area contributed by atoms with Crippen LogP contribution < -0.4 is 10.1 Å². The Kier molecular flexibility index (Phi) is 4.22. The van der Waals surface area contributed by atoms with Crippen LogP contribution in [0.1, 0.15) is 23.0 Å². The second-order valence-corrected chi connectivity index (χ2v) is 6.58. The van der Waals surface area contributed by atoms with E-state index in [9.17, 15) is 4.79 Å². The quantitative estimate of drug-likeness (QED) is 0.529. The minimum Gasteiger partial charge on any atom is -0.494 e. The largest absolute Gasteiger partial charge is 0.494 e. The number of H-pyrrole nitrogens is 1. The van der Waals surface area contributed by atoms with E-state index in [1.54, 1.807) is 0 Å². The number of nitrogens with zero attached hydrogens (tertiary/aromatic N) is 1. The number of nitrogens with one attached hydrogen (secondary N) is 2. The Morgan fingerprint density at radius 2 is 2.27 bits per heavy atom. The summed E-state index contributed by atoms with van der Waals surface area (Å²) in [5.41, 5.74) is 3.13. The lowest BCUT2D eigenvalue weighted by molar-refractivity contribution is 0.0998. The molecule has 0 saturated carbocycles. The minimum atomic E-state index is -0.316. The van der Waals surface area contributed by atoms with Crippen LogP contribution in [0.15, 0.2) is 46.3 Å². The molecule has 0 aliphatic rings. The molecular weight excluding hydrogens is 350 g/mol. The zero-order chi connectivity index (χ0) is 18.1. The number of aromatic nitrogens is 2. The van der Waals surface area contributed by atoms with Gasteiger partial charge in [0.1, 0.15) is 11.3 Å². The van der Waals surface area contributed by atoms with Crippen LogP contribution in [-0.4, -0.2) is 22.5 Å². The highest BCUT2D eigenvalue weighted by atomic mass is 32.1. The molecule has 26 heavy (non-hydrogen) atoms. The van der Waals surface area contributed by atoms with E-state index in [0.717, 1.165) is 28.1 Å². The highest BCUT2D eigenvalue weighted by molar-refractivity contribution is 7.14. The number of ether oxygens (including phenoxy) is 1. The van der Waals surface area contributed by atoms with Gasteiger partial charge in [0.25, 0.3) is 5.91 Å². The predicted molar refractivity (Wildman–Crippen MR) is 102 cm³/mol. The Hall–Kier alpha value is -3.06. The molecule has 3 heterocycles. The van der Waals surface area contributed by atoms with Crippen LogP contribution >= 0.6 is 11.3 Å². The van der Waals surface area contributed by atoms with Gasteiger partial charge in [0.15, 0.2) is 10.9 Å². The maximum absolute atomic E-state index is 12.6. The second-order valence-electron chi connectivity index (χ2n) is 5.72. The van der Waals surface area contributed by atoms with Gasteiger partial charge in [0, 0.05) is 22.5 Å². The third-order valence-corrected chi connectivity index (χ3v) is 4.78. The molecule has 4 aromatic rings. The summed E-state index contributed by atoms with van der Waals surface area (Å²) >= 11 is 1.37. The lowest BCUT2D eigenvalue weighted by Gasteiger charge is -2.01. The summed E-state index contributed by atoms with van der Waals surface area (Å²) in [6.07, 6.45) is 1.83. The Bertz CT molecular complexity index is 1060. The lowest BCUT2D eigenvalue weighted by Crippen LogP contribution is -2.11. The molecule has 3 aromatic heterocycles. The minimum absolute atomic E-state index is 0.283. The van der Waals surface area contributed by atoms with Gasteiger partial charge in [-0.05, 0) is 44.2 Å². The molecule has 1 amide bonds. The molecule has 0 bridgehead atoms. The van der Waals surface area contributed by atoms with Crippen molar-refractivity contribution in [2.75, 3.05) is 11.9 Å². The number of hydrogen-bond donors (Lipinski definition) is 2. The van der Waals surface area contributed by atoms with Crippen molar-refractivity contribution in [1.29, 1.82) is 0 Å². The molecule has 0 atom stereocenters. The molecule has 7 heteroatoms. The fourth-order valence-electron chi connectivity index (χ4n) is 2.77. The average molecular weight is 367 g/mol.